The zero-order chi connectivity index (χ0) is 28.1. The van der Waals surface area contributed by atoms with Gasteiger partial charge in [-0.25, -0.2) is 36.1 Å². The number of nitrogens with zero attached hydrogens (tertiary/aromatic N) is 5. The molecule has 39 heavy (non-hydrogen) atoms. The van der Waals surface area contributed by atoms with Crippen LogP contribution in [0.25, 0.3) is 4.96 Å². The van der Waals surface area contributed by atoms with Crippen LogP contribution in [-0.4, -0.2) is 58.2 Å². The number of hydrogen-bond donors (Lipinski definition) is 1. The first-order valence-electron chi connectivity index (χ1n) is 11.1. The number of alkyl halides is 2. The Morgan fingerprint density at radius 3 is 2.69 bits per heavy atom. The van der Waals surface area contributed by atoms with E-state index in [2.05, 4.69) is 19.8 Å². The van der Waals surface area contributed by atoms with Crippen molar-refractivity contribution in [3.63, 3.8) is 0 Å². The minimum Gasteiger partial charge on any atom is -0.481 e. The van der Waals surface area contributed by atoms with Crippen molar-refractivity contribution in [2.45, 2.75) is 18.9 Å². The number of rotatable bonds is 7. The number of aromatic nitrogens is 4. The van der Waals surface area contributed by atoms with Gasteiger partial charge in [0.05, 0.1) is 17.6 Å². The van der Waals surface area contributed by atoms with Crippen molar-refractivity contribution in [1.29, 1.82) is 0 Å². The molecule has 1 aliphatic heterocycles. The highest BCUT2D eigenvalue weighted by Crippen LogP contribution is 2.39. The SMILES string of the molecule is CS(=O)(=O)Nc1ccc(OCC(=O)N2CCc3nc4sc(C(F)F)nn4c3C2c2ccc(Cl)cc2F)c(Cl)n1. The van der Waals surface area contributed by atoms with Crippen LogP contribution in [0.1, 0.15) is 34.4 Å². The number of imidazole rings is 1. The molecule has 1 atom stereocenters. The third kappa shape index (κ3) is 5.62. The van der Waals surface area contributed by atoms with E-state index in [1.165, 1.54) is 33.7 Å². The van der Waals surface area contributed by atoms with Crippen molar-refractivity contribution in [2.24, 2.45) is 0 Å². The molecule has 3 aromatic heterocycles. The summed E-state index contributed by atoms with van der Waals surface area (Å²) in [7, 11) is -3.59. The standard InChI is InChI=1S/C22H17Cl2F3N6O4S2/c1-39(35,36)31-15-5-4-14(19(24)29-15)37-9-16(34)32-7-6-13-18(17(32)11-3-2-10(23)8-12(11)25)33-22(28-13)38-21(30-33)20(26)27/h2-5,8,17,20H,6-7,9H2,1H3,(H,29,31). The number of hydrogen-bond acceptors (Lipinski definition) is 8. The summed E-state index contributed by atoms with van der Waals surface area (Å²) in [6.45, 7) is -0.416. The Morgan fingerprint density at radius 2 is 2.03 bits per heavy atom. The van der Waals surface area contributed by atoms with E-state index in [1.807, 2.05) is 0 Å². The Morgan fingerprint density at radius 1 is 1.26 bits per heavy atom. The van der Waals surface area contributed by atoms with Crippen LogP contribution in [0.3, 0.4) is 0 Å². The lowest BCUT2D eigenvalue weighted by Gasteiger charge is -2.35. The summed E-state index contributed by atoms with van der Waals surface area (Å²) in [5, 5.41) is 3.45. The average molecular weight is 621 g/mol. The fraction of sp³-hybridized carbons (Fsp3) is 0.273. The van der Waals surface area contributed by atoms with Gasteiger partial charge in [-0.2, -0.15) is 5.10 Å². The smallest absolute Gasteiger partial charge is 0.291 e. The number of amides is 1. The molecule has 0 aliphatic carbocycles. The molecule has 0 saturated carbocycles. The van der Waals surface area contributed by atoms with Gasteiger partial charge in [-0.15, -0.1) is 0 Å². The first kappa shape index (κ1) is 27.4. The van der Waals surface area contributed by atoms with Gasteiger partial charge in [-0.1, -0.05) is 40.6 Å². The van der Waals surface area contributed by atoms with E-state index < -0.39 is 45.8 Å². The second kappa shape index (κ2) is 10.4. The van der Waals surface area contributed by atoms with Crippen LogP contribution < -0.4 is 9.46 Å². The van der Waals surface area contributed by atoms with Crippen LogP contribution in [0.2, 0.25) is 10.2 Å². The van der Waals surface area contributed by atoms with E-state index in [4.69, 9.17) is 27.9 Å². The molecule has 1 amide bonds. The number of pyridine rings is 1. The zero-order valence-corrected chi connectivity index (χ0v) is 22.9. The summed E-state index contributed by atoms with van der Waals surface area (Å²) in [4.78, 5) is 23.2. The third-order valence-corrected chi connectivity index (χ3v) is 7.71. The first-order chi connectivity index (χ1) is 18.4. The van der Waals surface area contributed by atoms with Gasteiger partial charge in [0.1, 0.15) is 17.7 Å². The highest BCUT2D eigenvalue weighted by Gasteiger charge is 2.38. The highest BCUT2D eigenvalue weighted by atomic mass is 35.5. The molecular weight excluding hydrogens is 604 g/mol. The topological polar surface area (TPSA) is 119 Å². The average Bonchev–Trinajstić information content (AvgIpc) is 3.40. The molecule has 4 heterocycles. The Balaban J connectivity index is 1.47. The van der Waals surface area contributed by atoms with E-state index in [1.54, 1.807) is 0 Å². The number of anilines is 1. The van der Waals surface area contributed by atoms with Crippen molar-refractivity contribution in [2.75, 3.05) is 24.1 Å². The lowest BCUT2D eigenvalue weighted by Crippen LogP contribution is -2.43. The van der Waals surface area contributed by atoms with Gasteiger partial charge in [0, 0.05) is 23.6 Å². The van der Waals surface area contributed by atoms with Crippen molar-refractivity contribution in [1.82, 2.24) is 24.5 Å². The van der Waals surface area contributed by atoms with Gasteiger partial charge in [0.2, 0.25) is 15.0 Å². The number of ether oxygens (including phenoxy) is 1. The first-order valence-corrected chi connectivity index (χ1v) is 14.6. The second-order valence-corrected chi connectivity index (χ2v) is 12.0. The predicted molar refractivity (Wildman–Crippen MR) is 138 cm³/mol. The molecule has 10 nitrogen and oxygen atoms in total. The molecule has 0 radical (unpaired) electrons. The van der Waals surface area contributed by atoms with Gasteiger partial charge in [-0.3, -0.25) is 9.52 Å². The quantitative estimate of drug-likeness (QED) is 0.302. The molecule has 1 aromatic carbocycles. The van der Waals surface area contributed by atoms with Crippen LogP contribution >= 0.6 is 34.5 Å². The summed E-state index contributed by atoms with van der Waals surface area (Å²) < 4.78 is 73.6. The molecule has 5 rings (SSSR count). The number of fused-ring (bicyclic) bond motifs is 3. The molecule has 206 valence electrons. The number of carbonyl (C=O) groups excluding carboxylic acids is 1. The molecule has 17 heteroatoms. The summed E-state index contributed by atoms with van der Waals surface area (Å²) in [6.07, 6.45) is -1.62. The van der Waals surface area contributed by atoms with Gasteiger partial charge >= 0.3 is 0 Å². The van der Waals surface area contributed by atoms with Crippen LogP contribution in [0.5, 0.6) is 5.75 Å². The maximum absolute atomic E-state index is 15.2. The maximum Gasteiger partial charge on any atom is 0.291 e. The van der Waals surface area contributed by atoms with Crippen molar-refractivity contribution < 1.29 is 31.1 Å². The molecular formula is C22H17Cl2F3N6O4S2. The van der Waals surface area contributed by atoms with Crippen molar-refractivity contribution in [3.05, 3.63) is 68.3 Å². The van der Waals surface area contributed by atoms with E-state index in [0.29, 0.717) is 17.0 Å². The van der Waals surface area contributed by atoms with Crippen LogP contribution in [0.4, 0.5) is 19.0 Å². The summed E-state index contributed by atoms with van der Waals surface area (Å²) in [5.41, 5.74) is 0.850. The number of benzene rings is 1. The summed E-state index contributed by atoms with van der Waals surface area (Å²) in [6, 6.07) is 5.52. The van der Waals surface area contributed by atoms with Crippen molar-refractivity contribution >= 4 is 61.2 Å². The molecule has 0 saturated heterocycles. The molecule has 1 unspecified atom stereocenters. The van der Waals surface area contributed by atoms with Crippen LogP contribution in [0, 0.1) is 5.82 Å². The van der Waals surface area contributed by atoms with Crippen LogP contribution in [-0.2, 0) is 21.2 Å². The van der Waals surface area contributed by atoms with Gasteiger partial charge < -0.3 is 9.64 Å². The minimum absolute atomic E-state index is 0.00353. The van der Waals surface area contributed by atoms with Crippen molar-refractivity contribution in [3.8, 4) is 5.75 Å². The maximum atomic E-state index is 15.2. The second-order valence-electron chi connectivity index (χ2n) is 8.43. The fourth-order valence-electron chi connectivity index (χ4n) is 4.17. The number of sulfonamides is 1. The molecule has 0 bridgehead atoms. The largest absolute Gasteiger partial charge is 0.481 e. The monoisotopic (exact) mass is 620 g/mol. The molecule has 1 aliphatic rings. The summed E-state index contributed by atoms with van der Waals surface area (Å²) >= 11 is 12.7. The van der Waals surface area contributed by atoms with E-state index in [-0.39, 0.29) is 50.9 Å². The number of nitrogens with one attached hydrogen (secondary N) is 1. The Labute approximate surface area is 233 Å². The van der Waals surface area contributed by atoms with E-state index >= 15 is 4.39 Å². The lowest BCUT2D eigenvalue weighted by molar-refractivity contribution is -0.135. The molecule has 1 N–H and O–H groups in total. The Hall–Kier alpha value is -3.14. The Kier molecular flexibility index (Phi) is 7.35. The minimum atomic E-state index is -3.59. The van der Waals surface area contributed by atoms with E-state index in [9.17, 15) is 22.0 Å². The predicted octanol–water partition coefficient (Wildman–Crippen LogP) is 4.49. The third-order valence-electron chi connectivity index (χ3n) is 5.71. The van der Waals surface area contributed by atoms with Gasteiger partial charge in [-0.05, 0) is 24.3 Å². The molecule has 0 fully saturated rings. The number of halogens is 5. The summed E-state index contributed by atoms with van der Waals surface area (Å²) in [5.74, 6) is -1.32. The van der Waals surface area contributed by atoms with E-state index in [0.717, 1.165) is 12.3 Å². The molecule has 4 aromatic rings. The fourth-order valence-corrected chi connectivity index (χ4v) is 5.82. The lowest BCUT2D eigenvalue weighted by atomic mass is 9.95. The molecule has 0 spiro atoms. The Bertz CT molecular complexity index is 1700. The van der Waals surface area contributed by atoms with Gasteiger partial charge in [0.25, 0.3) is 12.3 Å². The number of carbonyl (C=O) groups is 1. The highest BCUT2D eigenvalue weighted by molar-refractivity contribution is 7.92. The zero-order valence-electron chi connectivity index (χ0n) is 19.7. The normalized spacial score (nSPS) is 15.6. The van der Waals surface area contributed by atoms with Crippen LogP contribution in [0.15, 0.2) is 30.3 Å². The van der Waals surface area contributed by atoms with Gasteiger partial charge in [0.15, 0.2) is 22.5 Å².